The first kappa shape index (κ1) is 72.9. The average Bonchev–Trinajstić information content (AvgIpc) is 0.740. The molecule has 5 aliphatic heterocycles. The Hall–Kier alpha value is -15.0. The first-order valence-corrected chi connectivity index (χ1v) is 37.1. The van der Waals surface area contributed by atoms with Crippen LogP contribution in [0.3, 0.4) is 0 Å². The summed E-state index contributed by atoms with van der Waals surface area (Å²) in [6.07, 6.45) is 0. The highest BCUT2D eigenvalue weighted by molar-refractivity contribution is 6.33. The van der Waals surface area contributed by atoms with Gasteiger partial charge in [-0.15, -0.1) is 0 Å². The molecule has 560 valence electrons. The second kappa shape index (κ2) is 28.1. The number of amides is 10. The van der Waals surface area contributed by atoms with Gasteiger partial charge in [0.25, 0.3) is 59.1 Å². The molecule has 115 heavy (non-hydrogen) atoms. The number of benzene rings is 14. The molecule has 14 aromatic carbocycles. The molecular weight excluding hydrogens is 1450 g/mol. The maximum absolute atomic E-state index is 13.5. The number of rotatable bonds is 12. The largest absolute Gasteiger partial charge is 0.489 e. The van der Waals surface area contributed by atoms with Gasteiger partial charge in [0.1, 0.15) is 19.0 Å². The summed E-state index contributed by atoms with van der Waals surface area (Å²) in [5.41, 5.74) is 13.4. The zero-order valence-electron chi connectivity index (χ0n) is 63.2. The van der Waals surface area contributed by atoms with Crippen molar-refractivity contribution in [3.63, 3.8) is 0 Å². The Balaban J connectivity index is 0.000000125. The summed E-state index contributed by atoms with van der Waals surface area (Å²) in [5, 5.41) is 8.91. The van der Waals surface area contributed by atoms with Crippen LogP contribution in [0.1, 0.15) is 140 Å². The summed E-state index contributed by atoms with van der Waals surface area (Å²) >= 11 is 0. The number of hydrogen-bond acceptors (Lipinski definition) is 14. The summed E-state index contributed by atoms with van der Waals surface area (Å²) in [5.74, 6) is -3.74. The highest BCUT2D eigenvalue weighted by Crippen LogP contribution is 2.46. The van der Waals surface area contributed by atoms with Crippen molar-refractivity contribution in [3.8, 4) is 50.3 Å². The van der Waals surface area contributed by atoms with Crippen molar-refractivity contribution in [1.29, 1.82) is 0 Å². The van der Waals surface area contributed by atoms with E-state index >= 15 is 0 Å². The predicted molar refractivity (Wildman–Crippen MR) is 439 cm³/mol. The molecule has 14 aromatic rings. The van der Waals surface area contributed by atoms with E-state index in [1.54, 1.807) is 106 Å². The van der Waals surface area contributed by atoms with E-state index in [1.807, 2.05) is 127 Å². The topological polar surface area (TPSA) is 239 Å². The third kappa shape index (κ3) is 11.6. The summed E-state index contributed by atoms with van der Waals surface area (Å²) in [6.45, 7) is 8.61. The van der Waals surface area contributed by atoms with E-state index in [1.165, 1.54) is 42.9 Å². The molecule has 0 spiro atoms. The van der Waals surface area contributed by atoms with Crippen molar-refractivity contribution in [2.75, 3.05) is 41.4 Å². The lowest BCUT2D eigenvalue weighted by atomic mass is 9.85. The minimum Gasteiger partial charge on any atom is -0.489 e. The Kier molecular flexibility index (Phi) is 17.8. The molecule has 0 bridgehead atoms. The lowest BCUT2D eigenvalue weighted by Crippen LogP contribution is -2.44. The van der Waals surface area contributed by atoms with Crippen molar-refractivity contribution >= 4 is 135 Å². The number of carbonyl (C=O) groups excluding carboxylic acids is 12. The van der Waals surface area contributed by atoms with Gasteiger partial charge in [0.05, 0.1) is 0 Å². The van der Waals surface area contributed by atoms with Gasteiger partial charge in [-0.1, -0.05) is 170 Å². The summed E-state index contributed by atoms with van der Waals surface area (Å²) in [6, 6.07) is 72.3. The molecule has 0 aliphatic carbocycles. The van der Waals surface area contributed by atoms with Crippen LogP contribution >= 0.6 is 0 Å². The Labute approximate surface area is 657 Å². The third-order valence-electron chi connectivity index (χ3n) is 22.2. The van der Waals surface area contributed by atoms with Crippen LogP contribution in [-0.4, -0.2) is 143 Å². The van der Waals surface area contributed by atoms with Gasteiger partial charge in [0, 0.05) is 139 Å². The number of esters is 1. The fourth-order valence-electron chi connectivity index (χ4n) is 16.5. The van der Waals surface area contributed by atoms with Gasteiger partial charge < -0.3 is 9.47 Å². The Morgan fingerprint density at radius 2 is 0.600 bits per heavy atom. The first-order valence-electron chi connectivity index (χ1n) is 37.1. The quantitative estimate of drug-likeness (QED) is 0.0363. The van der Waals surface area contributed by atoms with Gasteiger partial charge in [0.15, 0.2) is 5.78 Å². The van der Waals surface area contributed by atoms with Crippen LogP contribution in [-0.2, 0) is 9.53 Å². The molecule has 10 amide bonds. The molecule has 19 heteroatoms. The molecule has 5 aliphatic rings. The molecule has 0 unspecified atom stereocenters. The molecule has 19 rings (SSSR count). The number of carbonyl (C=O) groups is 12. The van der Waals surface area contributed by atoms with Gasteiger partial charge in [-0.2, -0.15) is 0 Å². The standard InChI is InChI=1S/C36H22N2O4.C32H20N2O4.C28H25NO6/c1-37-33(39)27-11-5-9-25-23(15-17-29(31(25)27)35(37)41)21-13-14-22(20-8-4-3-7-19(20)21)24-16-18-30-32-26(24)10-6-12-28(32)34(40)38(2)36(30)42;1-33-29(35)23-7-3-5-21-19(13-15-25(27(21)23)31(33)37)17-9-11-18(12-10-17)20-14-16-26-28-22(20)6-4-8-24(28)30(36)34(2)32(26)38;1-16(2)28(33)35-15-14-34-22-13-12-21-23-20(26(31)29(17(3)4)27(21)32)11-10-19(24(22)23)25(30)18-8-6-5-7-9-18/h3-18H,1-2H3;3-16H,1-2H3;5-13,17H,1,14-15H2,2-4H3. The fourth-order valence-corrected chi connectivity index (χ4v) is 16.5. The average molecular weight is 1510 g/mol. The number of nitrogens with zero attached hydrogens (tertiary/aromatic N) is 5. The minimum absolute atomic E-state index is 0.0106. The van der Waals surface area contributed by atoms with Crippen molar-refractivity contribution < 1.29 is 67.0 Å². The number of ether oxygens (including phenoxy) is 2. The molecule has 0 saturated heterocycles. The van der Waals surface area contributed by atoms with E-state index in [9.17, 15) is 57.5 Å². The van der Waals surface area contributed by atoms with Gasteiger partial charge in [0.2, 0.25) is 0 Å². The fraction of sp³-hybridized carbons (Fsp3) is 0.104. The van der Waals surface area contributed by atoms with Crippen LogP contribution in [0.5, 0.6) is 5.75 Å². The van der Waals surface area contributed by atoms with Gasteiger partial charge in [-0.3, -0.25) is 77.2 Å². The van der Waals surface area contributed by atoms with Gasteiger partial charge in [-0.05, 0) is 170 Å². The highest BCUT2D eigenvalue weighted by Gasteiger charge is 2.39. The molecule has 0 N–H and O–H groups in total. The maximum Gasteiger partial charge on any atom is 0.333 e. The minimum atomic E-state index is -0.532. The number of imide groups is 5. The lowest BCUT2D eigenvalue weighted by molar-refractivity contribution is -0.139. The lowest BCUT2D eigenvalue weighted by Gasteiger charge is -2.31. The molecule has 0 radical (unpaired) electrons. The van der Waals surface area contributed by atoms with Crippen LogP contribution in [0.2, 0.25) is 0 Å². The van der Waals surface area contributed by atoms with E-state index in [2.05, 4.69) is 30.8 Å². The van der Waals surface area contributed by atoms with E-state index in [4.69, 9.17) is 9.47 Å². The Morgan fingerprint density at radius 3 is 0.965 bits per heavy atom. The van der Waals surface area contributed by atoms with Crippen molar-refractivity contribution in [3.05, 3.63) is 316 Å². The van der Waals surface area contributed by atoms with Gasteiger partial charge in [-0.25, -0.2) is 4.79 Å². The number of hydrogen-bond donors (Lipinski definition) is 0. The van der Waals surface area contributed by atoms with Crippen LogP contribution in [0, 0.1) is 0 Å². The first-order chi connectivity index (χ1) is 55.4. The van der Waals surface area contributed by atoms with Crippen LogP contribution in [0.4, 0.5) is 0 Å². The number of fused-ring (bicyclic) bond motifs is 1. The molecule has 0 saturated carbocycles. The normalized spacial score (nSPS) is 14.0. The van der Waals surface area contributed by atoms with E-state index < -0.39 is 17.8 Å². The smallest absolute Gasteiger partial charge is 0.333 e. The Bertz CT molecular complexity index is 6430. The molecule has 0 fully saturated rings. The van der Waals surface area contributed by atoms with Crippen molar-refractivity contribution in [2.45, 2.75) is 26.8 Å². The summed E-state index contributed by atoms with van der Waals surface area (Å²) < 4.78 is 11.0. The molecule has 5 heterocycles. The van der Waals surface area contributed by atoms with Crippen molar-refractivity contribution in [2.24, 2.45) is 0 Å². The Morgan fingerprint density at radius 1 is 0.304 bits per heavy atom. The zero-order valence-corrected chi connectivity index (χ0v) is 63.2. The van der Waals surface area contributed by atoms with E-state index in [-0.39, 0.29) is 77.9 Å². The van der Waals surface area contributed by atoms with Crippen LogP contribution in [0.25, 0.3) is 109 Å². The monoisotopic (exact) mass is 1510 g/mol. The summed E-state index contributed by atoms with van der Waals surface area (Å²) in [4.78, 5) is 160. The molecule has 0 aromatic heterocycles. The SMILES string of the molecule is C=C(C)C(=O)OCCOc1ccc2c3c(ccc(C(=O)c4ccccc4)c13)C(=O)N(C(C)C)C2=O.CN1C(=O)c2cccc3c(-c4ccc(-c5ccc6c7c(cccc57)C(=O)N(C)C6=O)c5ccccc45)ccc(c23)C1=O.CN1C(=O)c2cccc3c(-c4ccc(-c5ccc6c7c(cccc57)C(=O)N(C)C6=O)cc4)ccc(c23)C1=O. The zero-order chi connectivity index (χ0) is 80.4. The third-order valence-corrected chi connectivity index (χ3v) is 22.2. The highest BCUT2D eigenvalue weighted by atomic mass is 16.6. The van der Waals surface area contributed by atoms with Crippen LogP contribution < -0.4 is 4.74 Å². The number of ketones is 1. The molecule has 0 atom stereocenters. The van der Waals surface area contributed by atoms with E-state index in [0.29, 0.717) is 105 Å². The van der Waals surface area contributed by atoms with Crippen LogP contribution in [0.15, 0.2) is 249 Å². The summed E-state index contributed by atoms with van der Waals surface area (Å²) in [7, 11) is 6.04. The van der Waals surface area contributed by atoms with E-state index in [0.717, 1.165) is 86.6 Å². The van der Waals surface area contributed by atoms with Crippen molar-refractivity contribution in [1.82, 2.24) is 24.5 Å². The molecular formula is C96H67N5O14. The maximum atomic E-state index is 13.5. The second-order valence-corrected chi connectivity index (χ2v) is 29.1. The second-order valence-electron chi connectivity index (χ2n) is 29.1. The molecule has 19 nitrogen and oxygen atoms in total. The van der Waals surface area contributed by atoms with Gasteiger partial charge >= 0.3 is 5.97 Å². The predicted octanol–water partition coefficient (Wildman–Crippen LogP) is 17.3.